The third-order valence-electron chi connectivity index (χ3n) is 2.86. The lowest BCUT2D eigenvalue weighted by Crippen LogP contribution is -1.98. The first-order valence-corrected chi connectivity index (χ1v) is 6.11. The molecular weight excluding hydrogens is 258 g/mol. The van der Waals surface area contributed by atoms with Crippen molar-refractivity contribution in [2.75, 3.05) is 7.11 Å². The molecule has 0 spiro atoms. The van der Waals surface area contributed by atoms with E-state index in [4.69, 9.17) is 9.47 Å². The molecule has 2 rings (SSSR count). The number of hydrogen-bond donors (Lipinski definition) is 0. The Labute approximate surface area is 116 Å². The second-order valence-corrected chi connectivity index (χ2v) is 4.37. The predicted octanol–water partition coefficient (Wildman–Crippen LogP) is 3.49. The van der Waals surface area contributed by atoms with Crippen molar-refractivity contribution in [2.45, 2.75) is 13.5 Å². The molecule has 0 saturated heterocycles. The average Bonchev–Trinajstić information content (AvgIpc) is 2.46. The zero-order valence-electron chi connectivity index (χ0n) is 11.3. The molecule has 5 nitrogen and oxygen atoms in total. The van der Waals surface area contributed by atoms with Crippen molar-refractivity contribution in [2.24, 2.45) is 0 Å². The van der Waals surface area contributed by atoms with E-state index in [9.17, 15) is 10.1 Å². The quantitative estimate of drug-likeness (QED) is 0.618. The zero-order valence-corrected chi connectivity index (χ0v) is 11.3. The molecule has 2 aromatic rings. The van der Waals surface area contributed by atoms with Crippen molar-refractivity contribution in [3.8, 4) is 11.5 Å². The van der Waals surface area contributed by atoms with Crippen molar-refractivity contribution < 1.29 is 14.4 Å². The monoisotopic (exact) mass is 273 g/mol. The summed E-state index contributed by atoms with van der Waals surface area (Å²) in [4.78, 5) is 10.1. The van der Waals surface area contributed by atoms with Gasteiger partial charge in [0.05, 0.1) is 12.0 Å². The fourth-order valence-electron chi connectivity index (χ4n) is 1.77. The molecule has 0 aliphatic rings. The fourth-order valence-corrected chi connectivity index (χ4v) is 1.77. The Kier molecular flexibility index (Phi) is 4.20. The second-order valence-electron chi connectivity index (χ2n) is 4.37. The highest BCUT2D eigenvalue weighted by Gasteiger charge is 2.07. The van der Waals surface area contributed by atoms with E-state index < -0.39 is 4.92 Å². The van der Waals surface area contributed by atoms with Crippen molar-refractivity contribution in [1.82, 2.24) is 0 Å². The number of ether oxygens (including phenoxy) is 2. The summed E-state index contributed by atoms with van der Waals surface area (Å²) >= 11 is 0. The summed E-state index contributed by atoms with van der Waals surface area (Å²) in [5.74, 6) is 1.32. The smallest absolute Gasteiger partial charge is 0.269 e. The van der Waals surface area contributed by atoms with E-state index in [-0.39, 0.29) is 5.69 Å². The summed E-state index contributed by atoms with van der Waals surface area (Å²) in [6.45, 7) is 2.31. The van der Waals surface area contributed by atoms with E-state index in [0.717, 1.165) is 11.1 Å². The zero-order chi connectivity index (χ0) is 14.5. The molecule has 0 N–H and O–H groups in total. The average molecular weight is 273 g/mol. The highest BCUT2D eigenvalue weighted by molar-refractivity contribution is 5.42. The van der Waals surface area contributed by atoms with Crippen LogP contribution in [-0.2, 0) is 6.61 Å². The molecule has 0 bridgehead atoms. The van der Waals surface area contributed by atoms with Crippen molar-refractivity contribution in [1.29, 1.82) is 0 Å². The number of nitro groups is 1. The minimum atomic E-state index is -0.423. The van der Waals surface area contributed by atoms with E-state index in [1.807, 2.05) is 25.1 Å². The Morgan fingerprint density at radius 3 is 2.40 bits per heavy atom. The molecule has 0 heterocycles. The summed E-state index contributed by atoms with van der Waals surface area (Å²) in [6.07, 6.45) is 0. The summed E-state index contributed by atoms with van der Waals surface area (Å²) in [7, 11) is 1.59. The van der Waals surface area contributed by atoms with E-state index in [0.29, 0.717) is 18.1 Å². The molecule has 0 unspecified atom stereocenters. The van der Waals surface area contributed by atoms with Gasteiger partial charge in [-0.3, -0.25) is 10.1 Å². The second kappa shape index (κ2) is 6.06. The molecule has 2 aromatic carbocycles. The Hall–Kier alpha value is -2.56. The Morgan fingerprint density at radius 2 is 1.80 bits per heavy atom. The van der Waals surface area contributed by atoms with Gasteiger partial charge in [-0.15, -0.1) is 0 Å². The number of hydrogen-bond acceptors (Lipinski definition) is 4. The maximum atomic E-state index is 10.6. The van der Waals surface area contributed by atoms with Gasteiger partial charge in [-0.2, -0.15) is 0 Å². The summed E-state index contributed by atoms with van der Waals surface area (Å²) in [6, 6.07) is 12.0. The maximum absolute atomic E-state index is 10.6. The minimum Gasteiger partial charge on any atom is -0.493 e. The number of methoxy groups -OCH3 is 1. The first-order chi connectivity index (χ1) is 9.60. The van der Waals surface area contributed by atoms with Gasteiger partial charge in [-0.1, -0.05) is 6.07 Å². The van der Waals surface area contributed by atoms with Crippen LogP contribution < -0.4 is 9.47 Å². The largest absolute Gasteiger partial charge is 0.493 e. The number of nitro benzene ring substituents is 1. The maximum Gasteiger partial charge on any atom is 0.269 e. The highest BCUT2D eigenvalue weighted by Crippen LogP contribution is 2.28. The Balaban J connectivity index is 2.06. The van der Waals surface area contributed by atoms with E-state index in [1.54, 1.807) is 19.2 Å². The number of aryl methyl sites for hydroxylation is 1. The molecule has 104 valence electrons. The van der Waals surface area contributed by atoms with Crippen LogP contribution in [-0.4, -0.2) is 12.0 Å². The summed E-state index contributed by atoms with van der Waals surface area (Å²) in [5, 5.41) is 10.6. The number of rotatable bonds is 5. The van der Waals surface area contributed by atoms with E-state index >= 15 is 0 Å². The van der Waals surface area contributed by atoms with Gasteiger partial charge in [0.25, 0.3) is 5.69 Å². The van der Waals surface area contributed by atoms with Crippen LogP contribution in [0.15, 0.2) is 42.5 Å². The van der Waals surface area contributed by atoms with Crippen LogP contribution in [0.4, 0.5) is 5.69 Å². The Morgan fingerprint density at radius 1 is 1.10 bits per heavy atom. The predicted molar refractivity (Wildman–Crippen MR) is 75.2 cm³/mol. The van der Waals surface area contributed by atoms with Crippen molar-refractivity contribution in [3.05, 3.63) is 63.7 Å². The van der Waals surface area contributed by atoms with Crippen LogP contribution in [0.1, 0.15) is 11.1 Å². The van der Waals surface area contributed by atoms with Gasteiger partial charge < -0.3 is 9.47 Å². The molecule has 5 heteroatoms. The topological polar surface area (TPSA) is 61.6 Å². The van der Waals surface area contributed by atoms with Gasteiger partial charge in [0.2, 0.25) is 0 Å². The van der Waals surface area contributed by atoms with Crippen LogP contribution in [0.5, 0.6) is 11.5 Å². The SMILES string of the molecule is COc1cc(C)ccc1OCc1ccc([N+](=O)[O-])cc1. The molecule has 0 atom stereocenters. The molecule has 0 aliphatic carbocycles. The number of non-ortho nitro benzene ring substituents is 1. The van der Waals surface area contributed by atoms with Crippen LogP contribution in [0.25, 0.3) is 0 Å². The van der Waals surface area contributed by atoms with Crippen LogP contribution in [0.3, 0.4) is 0 Å². The van der Waals surface area contributed by atoms with E-state index in [1.165, 1.54) is 12.1 Å². The number of nitrogens with zero attached hydrogens (tertiary/aromatic N) is 1. The molecule has 0 aromatic heterocycles. The lowest BCUT2D eigenvalue weighted by molar-refractivity contribution is -0.384. The van der Waals surface area contributed by atoms with Crippen LogP contribution in [0.2, 0.25) is 0 Å². The van der Waals surface area contributed by atoms with Crippen molar-refractivity contribution >= 4 is 5.69 Å². The van der Waals surface area contributed by atoms with Gasteiger partial charge in [0.15, 0.2) is 11.5 Å². The first-order valence-electron chi connectivity index (χ1n) is 6.11. The highest BCUT2D eigenvalue weighted by atomic mass is 16.6. The van der Waals surface area contributed by atoms with Crippen LogP contribution in [0, 0.1) is 17.0 Å². The summed E-state index contributed by atoms with van der Waals surface area (Å²) in [5.41, 5.74) is 2.02. The Bertz CT molecular complexity index is 608. The molecule has 20 heavy (non-hydrogen) atoms. The number of benzene rings is 2. The molecule has 0 aliphatic heterocycles. The first kappa shape index (κ1) is 13.9. The van der Waals surface area contributed by atoms with Gasteiger partial charge in [0.1, 0.15) is 6.61 Å². The third kappa shape index (κ3) is 3.26. The normalized spacial score (nSPS) is 10.1. The van der Waals surface area contributed by atoms with Gasteiger partial charge >= 0.3 is 0 Å². The van der Waals surface area contributed by atoms with E-state index in [2.05, 4.69) is 0 Å². The fraction of sp³-hybridized carbons (Fsp3) is 0.200. The van der Waals surface area contributed by atoms with Gasteiger partial charge in [-0.05, 0) is 42.3 Å². The van der Waals surface area contributed by atoms with Crippen molar-refractivity contribution in [3.63, 3.8) is 0 Å². The lowest BCUT2D eigenvalue weighted by Gasteiger charge is -2.11. The molecule has 0 radical (unpaired) electrons. The van der Waals surface area contributed by atoms with Gasteiger partial charge in [-0.25, -0.2) is 0 Å². The standard InChI is InChI=1S/C15H15NO4/c1-11-3-8-14(15(9-11)19-2)20-10-12-4-6-13(7-5-12)16(17)18/h3-9H,10H2,1-2H3. The van der Waals surface area contributed by atoms with Crippen LogP contribution >= 0.6 is 0 Å². The van der Waals surface area contributed by atoms with Gasteiger partial charge in [0, 0.05) is 12.1 Å². The minimum absolute atomic E-state index is 0.0710. The molecule has 0 amide bonds. The summed E-state index contributed by atoms with van der Waals surface area (Å²) < 4.78 is 10.9. The lowest BCUT2D eigenvalue weighted by atomic mass is 10.2. The third-order valence-corrected chi connectivity index (χ3v) is 2.86. The molecular formula is C15H15NO4. The molecule has 0 fully saturated rings. The molecule has 0 saturated carbocycles.